The van der Waals surface area contributed by atoms with Gasteiger partial charge in [-0.15, -0.1) is 0 Å². The fourth-order valence-corrected chi connectivity index (χ4v) is 5.67. The van der Waals surface area contributed by atoms with E-state index in [2.05, 4.69) is 4.99 Å². The van der Waals surface area contributed by atoms with Gasteiger partial charge in [-0.1, -0.05) is 35.1 Å². The maximum absolute atomic E-state index is 13.8. The fraction of sp³-hybridized carbons (Fsp3) is 0.207. The lowest BCUT2D eigenvalue weighted by Gasteiger charge is -2.25. The van der Waals surface area contributed by atoms with Crippen molar-refractivity contribution in [2.75, 3.05) is 7.11 Å². The summed E-state index contributed by atoms with van der Waals surface area (Å²) in [5.74, 6) is 0.509. The van der Waals surface area contributed by atoms with Crippen molar-refractivity contribution < 1.29 is 23.6 Å². The monoisotopic (exact) mass is 593 g/mol. The number of thiazole rings is 1. The number of nitrogens with zero attached hydrogens (tertiary/aromatic N) is 3. The maximum Gasteiger partial charge on any atom is 0.338 e. The van der Waals surface area contributed by atoms with E-state index in [0.29, 0.717) is 42.7 Å². The number of carbonyl (C=O) groups is 1. The van der Waals surface area contributed by atoms with Gasteiger partial charge < -0.3 is 13.9 Å². The molecule has 0 N–H and O–H groups in total. The van der Waals surface area contributed by atoms with Crippen molar-refractivity contribution >= 4 is 40.7 Å². The number of benzene rings is 2. The van der Waals surface area contributed by atoms with E-state index in [9.17, 15) is 19.7 Å². The SMILES string of the molecule is COc1cc([N+](=O)[O-])ccc1-c1ccc(/C=c2\sc3n(c2=O)[C@H](c2ccc(Cl)cc2)C(C(=O)OC(C)C)=C(C)N=3)o1. The smallest absolute Gasteiger partial charge is 0.338 e. The summed E-state index contributed by atoms with van der Waals surface area (Å²) in [6, 6.07) is 13.7. The van der Waals surface area contributed by atoms with E-state index in [1.807, 2.05) is 0 Å². The molecule has 2 aromatic heterocycles. The van der Waals surface area contributed by atoms with Gasteiger partial charge in [0.25, 0.3) is 11.2 Å². The summed E-state index contributed by atoms with van der Waals surface area (Å²) in [5, 5.41) is 11.7. The Morgan fingerprint density at radius 1 is 1.20 bits per heavy atom. The molecule has 3 heterocycles. The Labute approximate surface area is 242 Å². The number of methoxy groups -OCH3 is 1. The second-order valence-corrected chi connectivity index (χ2v) is 10.9. The molecule has 1 aliphatic heterocycles. The maximum atomic E-state index is 13.8. The molecule has 4 aromatic rings. The van der Waals surface area contributed by atoms with Crippen LogP contribution in [0.5, 0.6) is 5.75 Å². The Balaban J connectivity index is 1.61. The van der Waals surface area contributed by atoms with E-state index < -0.39 is 16.9 Å². The molecule has 0 spiro atoms. The molecule has 5 rings (SSSR count). The largest absolute Gasteiger partial charge is 0.496 e. The van der Waals surface area contributed by atoms with Crippen molar-refractivity contribution in [2.24, 2.45) is 4.99 Å². The number of furan rings is 1. The van der Waals surface area contributed by atoms with Gasteiger partial charge in [0.15, 0.2) is 4.80 Å². The van der Waals surface area contributed by atoms with Crippen molar-refractivity contribution in [3.8, 4) is 17.1 Å². The van der Waals surface area contributed by atoms with Crippen molar-refractivity contribution in [3.63, 3.8) is 0 Å². The molecule has 12 heteroatoms. The first-order valence-corrected chi connectivity index (χ1v) is 13.7. The number of aromatic nitrogens is 1. The number of hydrogen-bond acceptors (Lipinski definition) is 9. The third kappa shape index (κ3) is 5.46. The number of nitro groups is 1. The second-order valence-electron chi connectivity index (χ2n) is 9.43. The van der Waals surface area contributed by atoms with Crippen LogP contribution in [0.3, 0.4) is 0 Å². The summed E-state index contributed by atoms with van der Waals surface area (Å²) in [6.45, 7) is 5.22. The van der Waals surface area contributed by atoms with Gasteiger partial charge in [0.1, 0.15) is 17.3 Å². The Kier molecular flexibility index (Phi) is 7.65. The highest BCUT2D eigenvalue weighted by atomic mass is 35.5. The van der Waals surface area contributed by atoms with Crippen molar-refractivity contribution in [2.45, 2.75) is 32.9 Å². The quantitative estimate of drug-likeness (QED) is 0.167. The van der Waals surface area contributed by atoms with Crippen LogP contribution in [0.4, 0.5) is 5.69 Å². The predicted octanol–water partition coefficient (Wildman–Crippen LogP) is 5.02. The van der Waals surface area contributed by atoms with Gasteiger partial charge in [0.2, 0.25) is 0 Å². The molecule has 2 aromatic carbocycles. The van der Waals surface area contributed by atoms with E-state index in [0.717, 1.165) is 11.3 Å². The number of ether oxygens (including phenoxy) is 2. The van der Waals surface area contributed by atoms with Crippen LogP contribution in [-0.4, -0.2) is 28.7 Å². The highest BCUT2D eigenvalue weighted by molar-refractivity contribution is 7.07. The zero-order valence-electron chi connectivity index (χ0n) is 22.4. The van der Waals surface area contributed by atoms with Crippen molar-refractivity contribution in [1.82, 2.24) is 4.57 Å². The molecule has 0 saturated carbocycles. The Bertz CT molecular complexity index is 1880. The summed E-state index contributed by atoms with van der Waals surface area (Å²) in [6.07, 6.45) is 1.23. The predicted molar refractivity (Wildman–Crippen MR) is 154 cm³/mol. The Morgan fingerprint density at radius 2 is 1.93 bits per heavy atom. The van der Waals surface area contributed by atoms with Crippen molar-refractivity contribution in [3.05, 3.63) is 112 Å². The average Bonchev–Trinajstić information content (AvgIpc) is 3.51. The number of non-ortho nitro benzene ring substituents is 1. The minimum Gasteiger partial charge on any atom is -0.496 e. The molecule has 41 heavy (non-hydrogen) atoms. The summed E-state index contributed by atoms with van der Waals surface area (Å²) >= 11 is 7.28. The van der Waals surface area contributed by atoms with Crippen LogP contribution in [-0.2, 0) is 9.53 Å². The molecule has 1 atom stereocenters. The zero-order chi connectivity index (χ0) is 29.4. The lowest BCUT2D eigenvalue weighted by Crippen LogP contribution is -2.40. The van der Waals surface area contributed by atoms with E-state index in [-0.39, 0.29) is 28.7 Å². The first-order valence-electron chi connectivity index (χ1n) is 12.5. The standard InChI is InChI=1S/C29H24ClN3O7S/c1-15(2)39-28(35)25-16(3)31-29-32(26(25)17-5-7-18(30)8-6-17)27(34)24(41-29)14-20-10-12-22(40-20)21-11-9-19(33(36)37)13-23(21)38-4/h5-15,26H,1-4H3/b24-14-/t26-/m1/s1. The molecule has 10 nitrogen and oxygen atoms in total. The number of esters is 1. The van der Waals surface area contributed by atoms with Crippen LogP contribution in [0, 0.1) is 10.1 Å². The molecule has 210 valence electrons. The highest BCUT2D eigenvalue weighted by Crippen LogP contribution is 2.35. The summed E-state index contributed by atoms with van der Waals surface area (Å²) in [7, 11) is 1.41. The van der Waals surface area contributed by atoms with E-state index >= 15 is 0 Å². The van der Waals surface area contributed by atoms with Crippen LogP contribution in [0.1, 0.15) is 38.1 Å². The number of fused-ring (bicyclic) bond motifs is 1. The molecule has 1 aliphatic rings. The molecule has 0 amide bonds. The van der Waals surface area contributed by atoms with Crippen LogP contribution in [0.25, 0.3) is 17.4 Å². The highest BCUT2D eigenvalue weighted by Gasteiger charge is 2.33. The number of allylic oxidation sites excluding steroid dienone is 1. The molecule has 0 radical (unpaired) electrons. The lowest BCUT2D eigenvalue weighted by molar-refractivity contribution is -0.384. The van der Waals surface area contributed by atoms with Gasteiger partial charge in [0.05, 0.1) is 51.6 Å². The minimum atomic E-state index is -0.770. The number of hydrogen-bond donors (Lipinski definition) is 0. The van der Waals surface area contributed by atoms with E-state index in [4.69, 9.17) is 25.5 Å². The van der Waals surface area contributed by atoms with Crippen LogP contribution in [0.2, 0.25) is 5.02 Å². The molecule has 0 unspecified atom stereocenters. The molecule has 0 bridgehead atoms. The number of rotatable bonds is 7. The zero-order valence-corrected chi connectivity index (χ0v) is 24.0. The topological polar surface area (TPSA) is 126 Å². The summed E-state index contributed by atoms with van der Waals surface area (Å²) in [4.78, 5) is 42.6. The minimum absolute atomic E-state index is 0.110. The Morgan fingerprint density at radius 3 is 2.59 bits per heavy atom. The van der Waals surface area contributed by atoms with Gasteiger partial charge in [-0.25, -0.2) is 9.79 Å². The van der Waals surface area contributed by atoms with Gasteiger partial charge in [0, 0.05) is 17.2 Å². The van der Waals surface area contributed by atoms with Crippen LogP contribution in [0.15, 0.2) is 80.1 Å². The fourth-order valence-electron chi connectivity index (χ4n) is 4.52. The normalized spacial score (nSPS) is 15.1. The van der Waals surface area contributed by atoms with Crippen LogP contribution < -0.4 is 19.6 Å². The Hall–Kier alpha value is -4.48. The first-order chi connectivity index (χ1) is 19.6. The van der Waals surface area contributed by atoms with Gasteiger partial charge in [-0.05, 0) is 56.7 Å². The van der Waals surface area contributed by atoms with Crippen LogP contribution >= 0.6 is 22.9 Å². The molecule has 0 saturated heterocycles. The number of carbonyl (C=O) groups excluding carboxylic acids is 1. The molecule has 0 fully saturated rings. The molecular weight excluding hydrogens is 570 g/mol. The second kappa shape index (κ2) is 11.2. The third-order valence-corrected chi connectivity index (χ3v) is 7.57. The van der Waals surface area contributed by atoms with Gasteiger partial charge in [-0.2, -0.15) is 0 Å². The number of nitro benzene ring substituents is 1. The summed E-state index contributed by atoms with van der Waals surface area (Å²) in [5.41, 5.74) is 1.45. The third-order valence-electron chi connectivity index (χ3n) is 6.33. The van der Waals surface area contributed by atoms with Gasteiger partial charge in [-0.3, -0.25) is 19.5 Å². The first kappa shape index (κ1) is 28.1. The van der Waals surface area contributed by atoms with E-state index in [1.165, 1.54) is 23.8 Å². The molecular formula is C29H24ClN3O7S. The summed E-state index contributed by atoms with van der Waals surface area (Å²) < 4.78 is 18.6. The van der Waals surface area contributed by atoms with Gasteiger partial charge >= 0.3 is 5.97 Å². The van der Waals surface area contributed by atoms with E-state index in [1.54, 1.807) is 69.3 Å². The lowest BCUT2D eigenvalue weighted by atomic mass is 9.96. The average molecular weight is 594 g/mol. The number of halogens is 1. The van der Waals surface area contributed by atoms with Crippen molar-refractivity contribution in [1.29, 1.82) is 0 Å². The molecule has 0 aliphatic carbocycles.